The molecule has 4 rings (SSSR count). The van der Waals surface area contributed by atoms with Crippen molar-refractivity contribution in [3.63, 3.8) is 0 Å². The minimum Gasteiger partial charge on any atom is -0.278 e. The van der Waals surface area contributed by atoms with Gasteiger partial charge >= 0.3 is 0 Å². The third-order valence-corrected chi connectivity index (χ3v) is 5.20. The third kappa shape index (κ3) is 3.36. The largest absolute Gasteiger partial charge is 0.278 e. The summed E-state index contributed by atoms with van der Waals surface area (Å²) in [5.41, 5.74) is 2.44. The number of benzene rings is 2. The van der Waals surface area contributed by atoms with Crippen molar-refractivity contribution in [2.75, 3.05) is 0 Å². The van der Waals surface area contributed by atoms with Gasteiger partial charge < -0.3 is 0 Å². The Hall–Kier alpha value is -3.59. The molecule has 0 aliphatic carbocycles. The normalized spacial score (nSPS) is 15.7. The zero-order valence-corrected chi connectivity index (χ0v) is 16.1. The first kappa shape index (κ1) is 18.8. The van der Waals surface area contributed by atoms with E-state index in [1.807, 2.05) is 12.1 Å². The van der Waals surface area contributed by atoms with E-state index in [-0.39, 0.29) is 36.3 Å². The van der Waals surface area contributed by atoms with Gasteiger partial charge in [0.15, 0.2) is 0 Å². The summed E-state index contributed by atoms with van der Waals surface area (Å²) in [6, 6.07) is 15.3. The lowest BCUT2D eigenvalue weighted by atomic mass is 9.92. The van der Waals surface area contributed by atoms with E-state index < -0.39 is 5.41 Å². The number of nitriles is 1. The van der Waals surface area contributed by atoms with Gasteiger partial charge in [-0.3, -0.25) is 14.5 Å². The molecule has 1 aromatic heterocycles. The van der Waals surface area contributed by atoms with Crippen LogP contribution in [0.3, 0.4) is 0 Å². The fraction of sp³-hybridized carbons (Fsp3) is 0.217. The number of fused-ring (bicyclic) bond motifs is 1. The highest BCUT2D eigenvalue weighted by atomic mass is 19.1. The van der Waals surface area contributed by atoms with E-state index in [9.17, 15) is 19.2 Å². The Bertz CT molecular complexity index is 1190. The SMILES string of the molecule is CC1(C)CC(=O)N(Cc2ccc3c(-c4ccc(F)cc4)cc(C#N)nc3c2)C1=O. The predicted molar refractivity (Wildman–Crippen MR) is 106 cm³/mol. The first-order chi connectivity index (χ1) is 13.8. The lowest BCUT2D eigenvalue weighted by Crippen LogP contribution is -2.32. The van der Waals surface area contributed by atoms with Gasteiger partial charge in [-0.2, -0.15) is 5.26 Å². The second-order valence-electron chi connectivity index (χ2n) is 7.87. The molecule has 144 valence electrons. The molecular formula is C23H18FN3O2. The van der Waals surface area contributed by atoms with Gasteiger partial charge in [0, 0.05) is 11.8 Å². The number of pyridine rings is 1. The van der Waals surface area contributed by atoms with Gasteiger partial charge in [0.2, 0.25) is 11.8 Å². The molecule has 0 N–H and O–H groups in total. The molecule has 1 fully saturated rings. The Morgan fingerprint density at radius 2 is 1.86 bits per heavy atom. The number of amides is 2. The van der Waals surface area contributed by atoms with E-state index in [1.54, 1.807) is 38.1 Å². The van der Waals surface area contributed by atoms with Gasteiger partial charge in [0.1, 0.15) is 17.6 Å². The molecule has 0 bridgehead atoms. The average molecular weight is 387 g/mol. The predicted octanol–water partition coefficient (Wildman–Crippen LogP) is 4.20. The molecule has 5 nitrogen and oxygen atoms in total. The van der Waals surface area contributed by atoms with Crippen LogP contribution in [0.25, 0.3) is 22.0 Å². The van der Waals surface area contributed by atoms with E-state index in [4.69, 9.17) is 0 Å². The van der Waals surface area contributed by atoms with Crippen LogP contribution in [0, 0.1) is 22.6 Å². The Balaban J connectivity index is 1.77. The number of hydrogen-bond acceptors (Lipinski definition) is 4. The van der Waals surface area contributed by atoms with E-state index in [0.29, 0.717) is 5.52 Å². The molecule has 1 aliphatic heterocycles. The minimum absolute atomic E-state index is 0.168. The van der Waals surface area contributed by atoms with Gasteiger partial charge in [-0.15, -0.1) is 0 Å². The number of nitrogens with zero attached hydrogens (tertiary/aromatic N) is 3. The Labute approximate surface area is 167 Å². The molecule has 0 spiro atoms. The molecule has 0 saturated carbocycles. The molecule has 0 atom stereocenters. The van der Waals surface area contributed by atoms with Gasteiger partial charge in [0.25, 0.3) is 0 Å². The summed E-state index contributed by atoms with van der Waals surface area (Å²) in [5, 5.41) is 10.2. The van der Waals surface area contributed by atoms with Crippen LogP contribution in [0.5, 0.6) is 0 Å². The molecular weight excluding hydrogens is 369 g/mol. The standard InChI is InChI=1S/C23H18FN3O2/c1-23(2)11-21(28)27(22(23)29)13-14-3-8-18-19(15-4-6-16(24)7-5-15)10-17(12-25)26-20(18)9-14/h3-10H,11,13H2,1-2H3. The van der Waals surface area contributed by atoms with Crippen LogP contribution in [-0.4, -0.2) is 21.7 Å². The molecule has 29 heavy (non-hydrogen) atoms. The van der Waals surface area contributed by atoms with Crippen molar-refractivity contribution in [3.8, 4) is 17.2 Å². The molecule has 3 aromatic rings. The summed E-state index contributed by atoms with van der Waals surface area (Å²) in [5.74, 6) is -0.711. The monoisotopic (exact) mass is 387 g/mol. The summed E-state index contributed by atoms with van der Waals surface area (Å²) in [7, 11) is 0. The van der Waals surface area contributed by atoms with E-state index >= 15 is 0 Å². The summed E-state index contributed by atoms with van der Waals surface area (Å²) < 4.78 is 13.3. The Kier molecular flexibility index (Phi) is 4.39. The maximum absolute atomic E-state index is 13.3. The molecule has 0 unspecified atom stereocenters. The number of imide groups is 1. The molecule has 2 amide bonds. The third-order valence-electron chi connectivity index (χ3n) is 5.20. The number of hydrogen-bond donors (Lipinski definition) is 0. The number of rotatable bonds is 3. The Morgan fingerprint density at radius 3 is 2.48 bits per heavy atom. The lowest BCUT2D eigenvalue weighted by molar-refractivity contribution is -0.141. The van der Waals surface area contributed by atoms with E-state index in [0.717, 1.165) is 22.1 Å². The molecule has 1 aliphatic rings. The number of aromatic nitrogens is 1. The molecule has 6 heteroatoms. The van der Waals surface area contributed by atoms with Crippen LogP contribution in [0.1, 0.15) is 31.5 Å². The van der Waals surface area contributed by atoms with Crippen molar-refractivity contribution in [1.29, 1.82) is 5.26 Å². The Morgan fingerprint density at radius 1 is 1.14 bits per heavy atom. The molecule has 2 heterocycles. The van der Waals surface area contributed by atoms with Crippen molar-refractivity contribution in [2.24, 2.45) is 5.41 Å². The van der Waals surface area contributed by atoms with Crippen molar-refractivity contribution in [1.82, 2.24) is 9.88 Å². The summed E-state index contributed by atoms with van der Waals surface area (Å²) >= 11 is 0. The number of carbonyl (C=O) groups is 2. The first-order valence-electron chi connectivity index (χ1n) is 9.23. The highest BCUT2D eigenvalue weighted by molar-refractivity contribution is 6.05. The fourth-order valence-electron chi connectivity index (χ4n) is 3.67. The summed E-state index contributed by atoms with van der Waals surface area (Å²) in [4.78, 5) is 30.4. The van der Waals surface area contributed by atoms with Gasteiger partial charge in [-0.05, 0) is 41.0 Å². The highest BCUT2D eigenvalue weighted by Gasteiger charge is 2.44. The smallest absolute Gasteiger partial charge is 0.235 e. The van der Waals surface area contributed by atoms with Crippen molar-refractivity contribution in [2.45, 2.75) is 26.8 Å². The van der Waals surface area contributed by atoms with E-state index in [1.165, 1.54) is 17.0 Å². The second kappa shape index (κ2) is 6.78. The van der Waals surface area contributed by atoms with Crippen LogP contribution >= 0.6 is 0 Å². The maximum atomic E-state index is 13.3. The van der Waals surface area contributed by atoms with Crippen LogP contribution in [0.15, 0.2) is 48.5 Å². The van der Waals surface area contributed by atoms with Crippen molar-refractivity contribution >= 4 is 22.7 Å². The van der Waals surface area contributed by atoms with Gasteiger partial charge in [-0.25, -0.2) is 9.37 Å². The highest BCUT2D eigenvalue weighted by Crippen LogP contribution is 2.34. The number of carbonyl (C=O) groups excluding carboxylic acids is 2. The van der Waals surface area contributed by atoms with Crippen LogP contribution < -0.4 is 0 Å². The van der Waals surface area contributed by atoms with E-state index in [2.05, 4.69) is 11.1 Å². The number of likely N-dealkylation sites (tertiary alicyclic amines) is 1. The fourth-order valence-corrected chi connectivity index (χ4v) is 3.67. The zero-order chi connectivity index (χ0) is 20.8. The van der Waals surface area contributed by atoms with Gasteiger partial charge in [0.05, 0.1) is 17.5 Å². The second-order valence-corrected chi connectivity index (χ2v) is 7.87. The van der Waals surface area contributed by atoms with Crippen molar-refractivity contribution < 1.29 is 14.0 Å². The van der Waals surface area contributed by atoms with Crippen LogP contribution in [-0.2, 0) is 16.1 Å². The average Bonchev–Trinajstić information content (AvgIpc) is 2.89. The number of halogens is 1. The van der Waals surface area contributed by atoms with Crippen LogP contribution in [0.4, 0.5) is 4.39 Å². The lowest BCUT2D eigenvalue weighted by Gasteiger charge is -2.18. The topological polar surface area (TPSA) is 74.1 Å². The van der Waals surface area contributed by atoms with Gasteiger partial charge in [-0.1, -0.05) is 38.1 Å². The zero-order valence-electron chi connectivity index (χ0n) is 16.1. The quantitative estimate of drug-likeness (QED) is 0.632. The van der Waals surface area contributed by atoms with Crippen LogP contribution in [0.2, 0.25) is 0 Å². The van der Waals surface area contributed by atoms with Crippen molar-refractivity contribution in [3.05, 3.63) is 65.6 Å². The molecule has 1 saturated heterocycles. The summed E-state index contributed by atoms with van der Waals surface area (Å²) in [6.45, 7) is 3.70. The first-order valence-corrected chi connectivity index (χ1v) is 9.23. The molecule has 2 aromatic carbocycles. The molecule has 0 radical (unpaired) electrons. The summed E-state index contributed by atoms with van der Waals surface area (Å²) in [6.07, 6.45) is 0.199. The minimum atomic E-state index is -0.685. The maximum Gasteiger partial charge on any atom is 0.235 e.